The molecule has 0 radical (unpaired) electrons. The van der Waals surface area contributed by atoms with E-state index in [1.165, 1.54) is 63.7 Å². The number of hydrogen-bond donors (Lipinski definition) is 0. The minimum absolute atomic E-state index is 0.390. The molecule has 0 aromatic rings. The van der Waals surface area contributed by atoms with Gasteiger partial charge in [0.2, 0.25) is 0 Å². The van der Waals surface area contributed by atoms with Crippen molar-refractivity contribution in [3.8, 4) is 0 Å². The molecule has 0 unspecified atom stereocenters. The second-order valence-corrected chi connectivity index (χ2v) is 7.14. The van der Waals surface area contributed by atoms with E-state index in [0.29, 0.717) is 5.41 Å². The number of allylic oxidation sites excluding steroid dienone is 1. The molecule has 0 saturated heterocycles. The lowest BCUT2D eigenvalue weighted by molar-refractivity contribution is 0.261. The maximum Gasteiger partial charge on any atom is -0.00157 e. The van der Waals surface area contributed by atoms with Crippen LogP contribution in [0.15, 0.2) is 12.2 Å². The molecule has 1 nitrogen and oxygen atoms in total. The second-order valence-electron chi connectivity index (χ2n) is 7.14. The molecule has 0 aliphatic carbocycles. The first kappa shape index (κ1) is 18.7. The van der Waals surface area contributed by atoms with E-state index in [-0.39, 0.29) is 0 Å². The second kappa shape index (κ2) is 10.5. The zero-order chi connectivity index (χ0) is 14.7. The van der Waals surface area contributed by atoms with Crippen LogP contribution >= 0.6 is 0 Å². The summed E-state index contributed by atoms with van der Waals surface area (Å²) in [5, 5.41) is 0. The average molecular weight is 268 g/mol. The number of unbranched alkanes of at least 4 members (excludes halogenated alkanes) is 2. The van der Waals surface area contributed by atoms with Gasteiger partial charge in [-0.15, -0.1) is 0 Å². The molecule has 0 aromatic heterocycles. The SMILES string of the molecule is C=C(CCCN(CCCC)CCCC)CC(C)(C)C. The highest BCUT2D eigenvalue weighted by Gasteiger charge is 2.12. The van der Waals surface area contributed by atoms with Crippen LogP contribution in [0.25, 0.3) is 0 Å². The lowest BCUT2D eigenvalue weighted by Crippen LogP contribution is -2.27. The molecule has 0 heterocycles. The zero-order valence-corrected chi connectivity index (χ0v) is 14.2. The smallest absolute Gasteiger partial charge is 0.00157 e. The van der Waals surface area contributed by atoms with Gasteiger partial charge in [0.05, 0.1) is 0 Å². The summed E-state index contributed by atoms with van der Waals surface area (Å²) in [6, 6.07) is 0. The van der Waals surface area contributed by atoms with Crippen LogP contribution in [-0.4, -0.2) is 24.5 Å². The predicted molar refractivity (Wildman–Crippen MR) is 88.7 cm³/mol. The van der Waals surface area contributed by atoms with E-state index in [1.807, 2.05) is 0 Å². The topological polar surface area (TPSA) is 3.24 Å². The van der Waals surface area contributed by atoms with Gasteiger partial charge in [0, 0.05) is 0 Å². The van der Waals surface area contributed by atoms with Crippen molar-refractivity contribution in [1.82, 2.24) is 4.90 Å². The van der Waals surface area contributed by atoms with Crippen LogP contribution in [0.5, 0.6) is 0 Å². The first-order valence-corrected chi connectivity index (χ1v) is 8.28. The Morgan fingerprint density at radius 3 is 1.79 bits per heavy atom. The monoisotopic (exact) mass is 267 g/mol. The van der Waals surface area contributed by atoms with Crippen LogP contribution in [0.4, 0.5) is 0 Å². The minimum Gasteiger partial charge on any atom is -0.303 e. The van der Waals surface area contributed by atoms with Crippen molar-refractivity contribution in [2.24, 2.45) is 5.41 Å². The molecule has 0 bridgehead atoms. The summed E-state index contributed by atoms with van der Waals surface area (Å²) in [5.74, 6) is 0. The molecule has 0 rings (SSSR count). The van der Waals surface area contributed by atoms with Crippen molar-refractivity contribution in [3.05, 3.63) is 12.2 Å². The van der Waals surface area contributed by atoms with Gasteiger partial charge in [-0.2, -0.15) is 0 Å². The van der Waals surface area contributed by atoms with E-state index in [0.717, 1.165) is 6.42 Å². The lowest BCUT2D eigenvalue weighted by Gasteiger charge is -2.23. The fourth-order valence-electron chi connectivity index (χ4n) is 2.49. The largest absolute Gasteiger partial charge is 0.303 e. The van der Waals surface area contributed by atoms with Gasteiger partial charge in [-0.25, -0.2) is 0 Å². The number of rotatable bonds is 11. The molecule has 1 heteroatoms. The third-order valence-electron chi connectivity index (χ3n) is 3.44. The summed E-state index contributed by atoms with van der Waals surface area (Å²) < 4.78 is 0. The van der Waals surface area contributed by atoms with Crippen molar-refractivity contribution < 1.29 is 0 Å². The molecule has 114 valence electrons. The van der Waals surface area contributed by atoms with E-state index in [4.69, 9.17) is 0 Å². The molecule has 0 saturated carbocycles. The van der Waals surface area contributed by atoms with E-state index < -0.39 is 0 Å². The standard InChI is InChI=1S/C18H37N/c1-7-9-13-19(14-10-8-2)15-11-12-17(3)16-18(4,5)6/h3,7-16H2,1-2,4-6H3. The molecule has 0 spiro atoms. The van der Waals surface area contributed by atoms with Gasteiger partial charge >= 0.3 is 0 Å². The molecule has 0 atom stereocenters. The highest BCUT2D eigenvalue weighted by molar-refractivity contribution is 4.97. The molecular formula is C18H37N. The predicted octanol–water partition coefficient (Wildman–Crippen LogP) is 5.66. The highest BCUT2D eigenvalue weighted by Crippen LogP contribution is 2.25. The molecular weight excluding hydrogens is 230 g/mol. The normalized spacial score (nSPS) is 12.1. The third kappa shape index (κ3) is 12.5. The fraction of sp³-hybridized carbons (Fsp3) is 0.889. The van der Waals surface area contributed by atoms with Gasteiger partial charge in [0.15, 0.2) is 0 Å². The van der Waals surface area contributed by atoms with Crippen molar-refractivity contribution in [3.63, 3.8) is 0 Å². The van der Waals surface area contributed by atoms with Crippen molar-refractivity contribution in [2.45, 2.75) is 79.6 Å². The Bertz CT molecular complexity index is 216. The maximum atomic E-state index is 4.24. The highest BCUT2D eigenvalue weighted by atomic mass is 15.1. The Hall–Kier alpha value is -0.300. The Balaban J connectivity index is 3.86. The summed E-state index contributed by atoms with van der Waals surface area (Å²) >= 11 is 0. The maximum absolute atomic E-state index is 4.24. The van der Waals surface area contributed by atoms with Gasteiger partial charge in [0.25, 0.3) is 0 Å². The molecule has 0 aliphatic rings. The first-order valence-electron chi connectivity index (χ1n) is 8.28. The summed E-state index contributed by atoms with van der Waals surface area (Å²) in [6.45, 7) is 19.5. The molecule has 0 fully saturated rings. The average Bonchev–Trinajstić information content (AvgIpc) is 2.29. The summed E-state index contributed by atoms with van der Waals surface area (Å²) in [4.78, 5) is 2.65. The van der Waals surface area contributed by atoms with E-state index in [1.54, 1.807) is 0 Å². The summed E-state index contributed by atoms with van der Waals surface area (Å²) in [7, 11) is 0. The van der Waals surface area contributed by atoms with Gasteiger partial charge < -0.3 is 4.90 Å². The Morgan fingerprint density at radius 1 is 0.895 bits per heavy atom. The van der Waals surface area contributed by atoms with Gasteiger partial charge in [0.1, 0.15) is 0 Å². The van der Waals surface area contributed by atoms with Crippen LogP contribution in [0, 0.1) is 5.41 Å². The quantitative estimate of drug-likeness (QED) is 0.436. The van der Waals surface area contributed by atoms with E-state index >= 15 is 0 Å². The molecule has 0 aliphatic heterocycles. The van der Waals surface area contributed by atoms with Crippen molar-refractivity contribution >= 4 is 0 Å². The Labute approximate surface area is 122 Å². The Kier molecular flexibility index (Phi) is 10.3. The molecule has 0 N–H and O–H groups in total. The zero-order valence-electron chi connectivity index (χ0n) is 14.2. The van der Waals surface area contributed by atoms with Gasteiger partial charge in [-0.3, -0.25) is 0 Å². The van der Waals surface area contributed by atoms with Crippen LogP contribution in [0.1, 0.15) is 79.6 Å². The number of hydrogen-bond acceptors (Lipinski definition) is 1. The summed E-state index contributed by atoms with van der Waals surface area (Å²) in [5.41, 5.74) is 1.82. The molecule has 19 heavy (non-hydrogen) atoms. The molecule has 0 amide bonds. The minimum atomic E-state index is 0.390. The van der Waals surface area contributed by atoms with Crippen LogP contribution in [0.2, 0.25) is 0 Å². The molecule has 0 aromatic carbocycles. The van der Waals surface area contributed by atoms with Gasteiger partial charge in [-0.1, -0.05) is 59.6 Å². The van der Waals surface area contributed by atoms with Crippen LogP contribution in [0.3, 0.4) is 0 Å². The van der Waals surface area contributed by atoms with E-state index in [9.17, 15) is 0 Å². The van der Waals surface area contributed by atoms with Crippen molar-refractivity contribution in [2.75, 3.05) is 19.6 Å². The summed E-state index contributed by atoms with van der Waals surface area (Å²) in [6.07, 6.45) is 8.93. The lowest BCUT2D eigenvalue weighted by atomic mass is 9.87. The van der Waals surface area contributed by atoms with Crippen LogP contribution in [-0.2, 0) is 0 Å². The van der Waals surface area contributed by atoms with E-state index in [2.05, 4.69) is 46.1 Å². The van der Waals surface area contributed by atoms with Gasteiger partial charge in [-0.05, 0) is 57.2 Å². The van der Waals surface area contributed by atoms with Crippen molar-refractivity contribution in [1.29, 1.82) is 0 Å². The van der Waals surface area contributed by atoms with Crippen LogP contribution < -0.4 is 0 Å². The fourth-order valence-corrected chi connectivity index (χ4v) is 2.49. The number of nitrogens with zero attached hydrogens (tertiary/aromatic N) is 1. The Morgan fingerprint density at radius 2 is 1.37 bits per heavy atom. The third-order valence-corrected chi connectivity index (χ3v) is 3.44. The first-order chi connectivity index (χ1) is 8.89.